The quantitative estimate of drug-likeness (QED) is 0.695. The van der Waals surface area contributed by atoms with Crippen LogP contribution in [0.2, 0.25) is 0 Å². The molecule has 0 saturated heterocycles. The van der Waals surface area contributed by atoms with Crippen molar-refractivity contribution < 1.29 is 9.15 Å². The Bertz CT molecular complexity index is 965. The Morgan fingerprint density at radius 3 is 2.60 bits per heavy atom. The van der Waals surface area contributed by atoms with E-state index in [1.54, 1.807) is 25.3 Å². The lowest BCUT2D eigenvalue weighted by Gasteiger charge is -2.09. The van der Waals surface area contributed by atoms with Crippen LogP contribution >= 0.6 is 12.2 Å². The van der Waals surface area contributed by atoms with Gasteiger partial charge in [0.15, 0.2) is 10.5 Å². The minimum absolute atomic E-state index is 0.106. The Balaban J connectivity index is 1.91. The molecule has 1 heterocycles. The van der Waals surface area contributed by atoms with Gasteiger partial charge in [0.2, 0.25) is 0 Å². The van der Waals surface area contributed by atoms with Crippen LogP contribution in [0.3, 0.4) is 0 Å². The number of nitrogens with one attached hydrogen (secondary N) is 2. The molecule has 128 valence electrons. The lowest BCUT2D eigenvalue weighted by Crippen LogP contribution is -2.27. The predicted octanol–water partition coefficient (Wildman–Crippen LogP) is 3.77. The standard InChI is InChI=1S/C19H18N2O3S/c1-3-20-19(25)21-13-6-4-12(5-7-13)18-11-16(22)15-10-14(23-2)8-9-17(15)24-18/h4-11H,3H2,1-2H3,(H2,20,21,25). The van der Waals surface area contributed by atoms with Crippen LogP contribution < -0.4 is 20.8 Å². The largest absolute Gasteiger partial charge is 0.497 e. The zero-order valence-corrected chi connectivity index (χ0v) is 14.8. The second-order valence-electron chi connectivity index (χ2n) is 5.40. The molecule has 3 rings (SSSR count). The van der Waals surface area contributed by atoms with Crippen molar-refractivity contribution in [3.05, 3.63) is 58.8 Å². The van der Waals surface area contributed by atoms with E-state index in [4.69, 9.17) is 21.4 Å². The number of methoxy groups -OCH3 is 1. The van der Waals surface area contributed by atoms with E-state index >= 15 is 0 Å². The number of benzene rings is 2. The van der Waals surface area contributed by atoms with Crippen molar-refractivity contribution >= 4 is 34.0 Å². The first-order valence-corrected chi connectivity index (χ1v) is 8.28. The second-order valence-corrected chi connectivity index (χ2v) is 5.81. The van der Waals surface area contributed by atoms with Gasteiger partial charge in [0, 0.05) is 23.9 Å². The number of thiocarbonyl (C=S) groups is 1. The summed E-state index contributed by atoms with van der Waals surface area (Å²) in [6.07, 6.45) is 0. The third kappa shape index (κ3) is 3.80. The van der Waals surface area contributed by atoms with E-state index in [9.17, 15) is 4.79 Å². The summed E-state index contributed by atoms with van der Waals surface area (Å²) in [7, 11) is 1.56. The first kappa shape index (κ1) is 17.0. The van der Waals surface area contributed by atoms with Crippen LogP contribution in [0.5, 0.6) is 5.75 Å². The van der Waals surface area contributed by atoms with Crippen molar-refractivity contribution in [1.29, 1.82) is 0 Å². The maximum absolute atomic E-state index is 12.4. The van der Waals surface area contributed by atoms with Gasteiger partial charge in [0.25, 0.3) is 0 Å². The maximum atomic E-state index is 12.4. The van der Waals surface area contributed by atoms with Crippen molar-refractivity contribution in [2.45, 2.75) is 6.92 Å². The lowest BCUT2D eigenvalue weighted by atomic mass is 10.1. The molecule has 0 saturated carbocycles. The number of hydrogen-bond donors (Lipinski definition) is 2. The first-order chi connectivity index (χ1) is 12.1. The summed E-state index contributed by atoms with van der Waals surface area (Å²) in [5.74, 6) is 1.14. The number of fused-ring (bicyclic) bond motifs is 1. The summed E-state index contributed by atoms with van der Waals surface area (Å²) in [4.78, 5) is 12.4. The van der Waals surface area contributed by atoms with Gasteiger partial charge in [-0.15, -0.1) is 0 Å². The molecule has 5 nitrogen and oxygen atoms in total. The summed E-state index contributed by atoms with van der Waals surface area (Å²) in [5.41, 5.74) is 2.10. The van der Waals surface area contributed by atoms with E-state index in [-0.39, 0.29) is 5.43 Å². The smallest absolute Gasteiger partial charge is 0.193 e. The fraction of sp³-hybridized carbons (Fsp3) is 0.158. The average Bonchev–Trinajstić information content (AvgIpc) is 2.62. The van der Waals surface area contributed by atoms with E-state index in [1.165, 1.54) is 6.07 Å². The van der Waals surface area contributed by atoms with Crippen LogP contribution in [0.1, 0.15) is 6.92 Å². The summed E-state index contributed by atoms with van der Waals surface area (Å²) in [6, 6.07) is 14.2. The highest BCUT2D eigenvalue weighted by atomic mass is 32.1. The van der Waals surface area contributed by atoms with Crippen LogP contribution in [0.4, 0.5) is 5.69 Å². The summed E-state index contributed by atoms with van der Waals surface area (Å²) < 4.78 is 11.0. The Labute approximate surface area is 150 Å². The molecule has 25 heavy (non-hydrogen) atoms. The van der Waals surface area contributed by atoms with Crippen molar-refractivity contribution in [3.63, 3.8) is 0 Å². The topological polar surface area (TPSA) is 63.5 Å². The van der Waals surface area contributed by atoms with Gasteiger partial charge < -0.3 is 19.8 Å². The van der Waals surface area contributed by atoms with Gasteiger partial charge in [0.1, 0.15) is 17.1 Å². The summed E-state index contributed by atoms with van der Waals surface area (Å²) >= 11 is 5.16. The molecule has 2 aromatic carbocycles. The van der Waals surface area contributed by atoms with Crippen LogP contribution in [-0.4, -0.2) is 18.8 Å². The molecule has 0 fully saturated rings. The molecule has 0 aliphatic carbocycles. The van der Waals surface area contributed by atoms with Gasteiger partial charge in [-0.25, -0.2) is 0 Å². The van der Waals surface area contributed by atoms with Gasteiger partial charge in [-0.3, -0.25) is 4.79 Å². The van der Waals surface area contributed by atoms with E-state index in [0.29, 0.717) is 27.6 Å². The monoisotopic (exact) mass is 354 g/mol. The summed E-state index contributed by atoms with van der Waals surface area (Å²) in [5, 5.41) is 7.19. The van der Waals surface area contributed by atoms with Crippen LogP contribution in [0.25, 0.3) is 22.3 Å². The minimum atomic E-state index is -0.106. The Hall–Kier alpha value is -2.86. The van der Waals surface area contributed by atoms with Gasteiger partial charge >= 0.3 is 0 Å². The fourth-order valence-corrected chi connectivity index (χ4v) is 2.72. The highest BCUT2D eigenvalue weighted by Gasteiger charge is 2.08. The second kappa shape index (κ2) is 7.36. The van der Waals surface area contributed by atoms with Gasteiger partial charge in [-0.05, 0) is 61.6 Å². The molecule has 0 aliphatic heterocycles. The Morgan fingerprint density at radius 2 is 1.92 bits per heavy atom. The van der Waals surface area contributed by atoms with Crippen LogP contribution in [-0.2, 0) is 0 Å². The zero-order chi connectivity index (χ0) is 17.8. The molecular weight excluding hydrogens is 336 g/mol. The lowest BCUT2D eigenvalue weighted by molar-refractivity contribution is 0.415. The van der Waals surface area contributed by atoms with Crippen molar-refractivity contribution in [2.24, 2.45) is 0 Å². The third-order valence-electron chi connectivity index (χ3n) is 3.70. The number of hydrogen-bond acceptors (Lipinski definition) is 4. The van der Waals surface area contributed by atoms with Gasteiger partial charge in [0.05, 0.1) is 12.5 Å². The van der Waals surface area contributed by atoms with E-state index in [0.717, 1.165) is 17.8 Å². The normalized spacial score (nSPS) is 10.5. The molecule has 0 spiro atoms. The molecule has 1 aromatic heterocycles. The Kier molecular flexibility index (Phi) is 5.00. The molecule has 0 radical (unpaired) electrons. The minimum Gasteiger partial charge on any atom is -0.497 e. The molecular formula is C19H18N2O3S. The molecule has 0 aliphatic rings. The molecule has 0 atom stereocenters. The average molecular weight is 354 g/mol. The van der Waals surface area contributed by atoms with Gasteiger partial charge in [-0.2, -0.15) is 0 Å². The molecule has 0 unspecified atom stereocenters. The number of anilines is 1. The zero-order valence-electron chi connectivity index (χ0n) is 14.0. The van der Waals surface area contributed by atoms with E-state index in [1.807, 2.05) is 31.2 Å². The Morgan fingerprint density at radius 1 is 1.16 bits per heavy atom. The predicted molar refractivity (Wildman–Crippen MR) is 104 cm³/mol. The van der Waals surface area contributed by atoms with Crippen LogP contribution in [0.15, 0.2) is 57.7 Å². The number of rotatable bonds is 4. The molecule has 0 amide bonds. The van der Waals surface area contributed by atoms with Crippen molar-refractivity contribution in [1.82, 2.24) is 5.32 Å². The van der Waals surface area contributed by atoms with Crippen molar-refractivity contribution in [3.8, 4) is 17.1 Å². The third-order valence-corrected chi connectivity index (χ3v) is 3.95. The fourth-order valence-electron chi connectivity index (χ4n) is 2.46. The van der Waals surface area contributed by atoms with Gasteiger partial charge in [-0.1, -0.05) is 0 Å². The molecule has 6 heteroatoms. The first-order valence-electron chi connectivity index (χ1n) is 7.88. The maximum Gasteiger partial charge on any atom is 0.193 e. The number of ether oxygens (including phenoxy) is 1. The summed E-state index contributed by atoms with van der Waals surface area (Å²) in [6.45, 7) is 2.74. The highest BCUT2D eigenvalue weighted by molar-refractivity contribution is 7.80. The van der Waals surface area contributed by atoms with Crippen LogP contribution in [0, 0.1) is 0 Å². The van der Waals surface area contributed by atoms with E-state index in [2.05, 4.69) is 10.6 Å². The molecule has 3 aromatic rings. The molecule has 2 N–H and O–H groups in total. The molecule has 0 bridgehead atoms. The van der Waals surface area contributed by atoms with E-state index < -0.39 is 0 Å². The highest BCUT2D eigenvalue weighted by Crippen LogP contribution is 2.25. The SMILES string of the molecule is CCNC(=S)Nc1ccc(-c2cc(=O)c3cc(OC)ccc3o2)cc1. The van der Waals surface area contributed by atoms with Crippen molar-refractivity contribution in [2.75, 3.05) is 19.0 Å².